The number of rotatable bonds is 4. The topological polar surface area (TPSA) is 36.9 Å². The van der Waals surface area contributed by atoms with Crippen molar-refractivity contribution in [1.29, 1.82) is 0 Å². The molecule has 2 fully saturated rings. The summed E-state index contributed by atoms with van der Waals surface area (Å²) in [4.78, 5) is 0. The maximum atomic E-state index is 5.90. The van der Waals surface area contributed by atoms with Crippen LogP contribution in [0.25, 0.3) is 0 Å². The molecule has 2 aliphatic heterocycles. The Kier molecular flexibility index (Phi) is 5.43. The van der Waals surface area contributed by atoms with E-state index in [1.54, 1.807) is 0 Å². The Morgan fingerprint density at radius 1 is 0.560 bits per heavy atom. The first-order valence-electron chi connectivity index (χ1n) is 8.95. The zero-order valence-corrected chi connectivity index (χ0v) is 14.3. The second-order valence-electron chi connectivity index (χ2n) is 6.79. The van der Waals surface area contributed by atoms with Crippen molar-refractivity contribution in [2.45, 2.75) is 19.0 Å². The third kappa shape index (κ3) is 4.28. The molecule has 0 spiro atoms. The van der Waals surface area contributed by atoms with Gasteiger partial charge in [0.05, 0.1) is 26.4 Å². The van der Waals surface area contributed by atoms with E-state index in [1.807, 2.05) is 60.7 Å². The van der Waals surface area contributed by atoms with Gasteiger partial charge in [-0.2, -0.15) is 0 Å². The summed E-state index contributed by atoms with van der Waals surface area (Å²) in [6.07, 6.45) is 0.528. The Balaban J connectivity index is 1.22. The average molecular weight is 340 g/mol. The first-order valence-corrected chi connectivity index (χ1v) is 8.95. The van der Waals surface area contributed by atoms with Crippen LogP contribution in [0.1, 0.15) is 30.1 Å². The smallest absolute Gasteiger partial charge is 0.183 e. The average Bonchev–Trinajstić information content (AvgIpc) is 2.71. The fraction of sp³-hybridized carbons (Fsp3) is 0.429. The zero-order valence-electron chi connectivity index (χ0n) is 14.3. The minimum absolute atomic E-state index is 0.237. The molecular weight excluding hydrogens is 316 g/mol. The summed E-state index contributed by atoms with van der Waals surface area (Å²) >= 11 is 0. The van der Waals surface area contributed by atoms with Crippen LogP contribution in [0.2, 0.25) is 0 Å². The summed E-state index contributed by atoms with van der Waals surface area (Å²) in [7, 11) is 0. The lowest BCUT2D eigenvalue weighted by Crippen LogP contribution is -2.33. The van der Waals surface area contributed by atoms with E-state index in [1.165, 1.54) is 0 Å². The van der Waals surface area contributed by atoms with Crippen molar-refractivity contribution >= 4 is 0 Å². The summed E-state index contributed by atoms with van der Waals surface area (Å²) in [5.41, 5.74) is 2.16. The molecule has 0 unspecified atom stereocenters. The van der Waals surface area contributed by atoms with Crippen molar-refractivity contribution in [3.8, 4) is 0 Å². The lowest BCUT2D eigenvalue weighted by molar-refractivity contribution is -0.226. The Bertz CT molecular complexity index is 572. The maximum absolute atomic E-state index is 5.90. The molecular formula is C21H24O4. The summed E-state index contributed by atoms with van der Waals surface area (Å²) in [6.45, 7) is 2.88. The van der Waals surface area contributed by atoms with Gasteiger partial charge in [-0.25, -0.2) is 0 Å². The summed E-state index contributed by atoms with van der Waals surface area (Å²) in [5.74, 6) is 0.788. The van der Waals surface area contributed by atoms with Crippen LogP contribution in [0.5, 0.6) is 0 Å². The highest BCUT2D eigenvalue weighted by Crippen LogP contribution is 2.31. The quantitative estimate of drug-likeness (QED) is 0.840. The van der Waals surface area contributed by atoms with Crippen molar-refractivity contribution in [2.75, 3.05) is 26.4 Å². The second-order valence-corrected chi connectivity index (χ2v) is 6.79. The van der Waals surface area contributed by atoms with E-state index < -0.39 is 0 Å². The zero-order chi connectivity index (χ0) is 16.9. The molecule has 0 amide bonds. The lowest BCUT2D eigenvalue weighted by atomic mass is 9.95. The molecule has 0 aliphatic carbocycles. The third-order valence-corrected chi connectivity index (χ3v) is 4.74. The molecule has 2 heterocycles. The lowest BCUT2D eigenvalue weighted by Gasteiger charge is -2.34. The van der Waals surface area contributed by atoms with Gasteiger partial charge in [-0.15, -0.1) is 0 Å². The van der Waals surface area contributed by atoms with Gasteiger partial charge < -0.3 is 18.9 Å². The molecule has 0 aromatic heterocycles. The van der Waals surface area contributed by atoms with Crippen LogP contribution < -0.4 is 0 Å². The van der Waals surface area contributed by atoms with Gasteiger partial charge in [0, 0.05) is 23.0 Å². The minimum Gasteiger partial charge on any atom is -0.348 e. The number of ether oxygens (including phenoxy) is 4. The first-order chi connectivity index (χ1) is 12.4. The van der Waals surface area contributed by atoms with E-state index in [0.717, 1.165) is 44.0 Å². The highest BCUT2D eigenvalue weighted by atomic mass is 16.7. The van der Waals surface area contributed by atoms with Crippen LogP contribution in [0, 0.1) is 11.8 Å². The van der Waals surface area contributed by atoms with E-state index >= 15 is 0 Å². The van der Waals surface area contributed by atoms with E-state index in [-0.39, 0.29) is 12.6 Å². The molecule has 2 aliphatic rings. The molecule has 25 heavy (non-hydrogen) atoms. The normalized spacial score (nSPS) is 30.1. The van der Waals surface area contributed by atoms with E-state index in [9.17, 15) is 0 Å². The standard InChI is InChI=1S/C21H24O4/c1-3-7-18(8-4-1)20-22-12-16(13-23-20)11-17-14-24-21(25-15-17)19-9-5-2-6-10-19/h1-10,16-17,20-21H,11-15H2. The van der Waals surface area contributed by atoms with Gasteiger partial charge in [-0.1, -0.05) is 60.7 Å². The van der Waals surface area contributed by atoms with Crippen molar-refractivity contribution in [3.05, 3.63) is 71.8 Å². The Morgan fingerprint density at radius 2 is 0.920 bits per heavy atom. The van der Waals surface area contributed by atoms with Crippen LogP contribution >= 0.6 is 0 Å². The highest BCUT2D eigenvalue weighted by molar-refractivity contribution is 5.17. The Hall–Kier alpha value is -1.72. The van der Waals surface area contributed by atoms with Crippen LogP contribution in [0.3, 0.4) is 0 Å². The van der Waals surface area contributed by atoms with Crippen LogP contribution in [-0.2, 0) is 18.9 Å². The molecule has 132 valence electrons. The maximum Gasteiger partial charge on any atom is 0.183 e. The largest absolute Gasteiger partial charge is 0.348 e. The molecule has 0 N–H and O–H groups in total. The molecule has 2 aromatic carbocycles. The van der Waals surface area contributed by atoms with Crippen LogP contribution in [-0.4, -0.2) is 26.4 Å². The number of hydrogen-bond donors (Lipinski definition) is 0. The van der Waals surface area contributed by atoms with E-state index in [0.29, 0.717) is 11.8 Å². The third-order valence-electron chi connectivity index (χ3n) is 4.74. The monoisotopic (exact) mass is 340 g/mol. The molecule has 4 nitrogen and oxygen atoms in total. The van der Waals surface area contributed by atoms with Crippen molar-refractivity contribution in [2.24, 2.45) is 11.8 Å². The van der Waals surface area contributed by atoms with Crippen molar-refractivity contribution < 1.29 is 18.9 Å². The first kappa shape index (κ1) is 16.7. The molecule has 0 atom stereocenters. The van der Waals surface area contributed by atoms with Gasteiger partial charge in [0.25, 0.3) is 0 Å². The summed E-state index contributed by atoms with van der Waals surface area (Å²) in [6, 6.07) is 20.2. The van der Waals surface area contributed by atoms with Gasteiger partial charge in [0.15, 0.2) is 12.6 Å². The fourth-order valence-electron chi connectivity index (χ4n) is 3.44. The van der Waals surface area contributed by atoms with Gasteiger partial charge in [-0.3, -0.25) is 0 Å². The SMILES string of the molecule is c1ccc(C2OCC(CC3COC(c4ccccc4)OC3)CO2)cc1. The molecule has 4 heteroatoms. The Labute approximate surface area is 148 Å². The number of benzene rings is 2. The van der Waals surface area contributed by atoms with Crippen molar-refractivity contribution in [1.82, 2.24) is 0 Å². The van der Waals surface area contributed by atoms with Crippen molar-refractivity contribution in [3.63, 3.8) is 0 Å². The van der Waals surface area contributed by atoms with E-state index in [4.69, 9.17) is 18.9 Å². The molecule has 0 radical (unpaired) electrons. The molecule has 0 saturated carbocycles. The molecule has 4 rings (SSSR count). The van der Waals surface area contributed by atoms with Crippen LogP contribution in [0.4, 0.5) is 0 Å². The van der Waals surface area contributed by atoms with Gasteiger partial charge in [-0.05, 0) is 6.42 Å². The summed E-state index contributed by atoms with van der Waals surface area (Å²) in [5, 5.41) is 0. The molecule has 2 saturated heterocycles. The Morgan fingerprint density at radius 3 is 1.28 bits per heavy atom. The van der Waals surface area contributed by atoms with E-state index in [2.05, 4.69) is 0 Å². The molecule has 2 aromatic rings. The van der Waals surface area contributed by atoms with Gasteiger partial charge >= 0.3 is 0 Å². The summed E-state index contributed by atoms with van der Waals surface area (Å²) < 4.78 is 23.6. The molecule has 0 bridgehead atoms. The van der Waals surface area contributed by atoms with Crippen LogP contribution in [0.15, 0.2) is 60.7 Å². The van der Waals surface area contributed by atoms with Gasteiger partial charge in [0.2, 0.25) is 0 Å². The van der Waals surface area contributed by atoms with Gasteiger partial charge in [0.1, 0.15) is 0 Å². The number of hydrogen-bond acceptors (Lipinski definition) is 4. The predicted molar refractivity (Wildman–Crippen MR) is 93.8 cm³/mol. The minimum atomic E-state index is -0.237. The predicted octanol–water partition coefficient (Wildman–Crippen LogP) is 4.10. The highest BCUT2D eigenvalue weighted by Gasteiger charge is 2.29. The fourth-order valence-corrected chi connectivity index (χ4v) is 3.44. The second kappa shape index (κ2) is 8.11.